The van der Waals surface area contributed by atoms with Gasteiger partial charge in [-0.3, -0.25) is 4.79 Å². The van der Waals surface area contributed by atoms with Gasteiger partial charge in [0, 0.05) is 29.7 Å². The molecule has 1 aromatic heterocycles. The minimum absolute atomic E-state index is 0.312. The number of anilines is 2. The molecular weight excluding hydrogens is 382 g/mol. The van der Waals surface area contributed by atoms with Crippen LogP contribution in [-0.4, -0.2) is 50.3 Å². The summed E-state index contributed by atoms with van der Waals surface area (Å²) in [5.74, 6) is -0.809. The maximum absolute atomic E-state index is 12.9. The highest BCUT2D eigenvalue weighted by Crippen LogP contribution is 2.26. The fraction of sp³-hybridized carbons (Fsp3) is 0.304. The number of nitrogens with zero attached hydrogens (tertiary/aromatic N) is 1. The molecule has 0 radical (unpaired) electrons. The number of ether oxygens (including phenoxy) is 2. The van der Waals surface area contributed by atoms with Gasteiger partial charge in [-0.2, -0.15) is 0 Å². The van der Waals surface area contributed by atoms with Crippen LogP contribution in [0.15, 0.2) is 36.4 Å². The summed E-state index contributed by atoms with van der Waals surface area (Å²) in [6.07, 6.45) is 0. The fourth-order valence-electron chi connectivity index (χ4n) is 3.85. The summed E-state index contributed by atoms with van der Waals surface area (Å²) in [4.78, 5) is 30.6. The Bertz CT molecular complexity index is 1110. The fourth-order valence-corrected chi connectivity index (χ4v) is 3.85. The Kier molecular flexibility index (Phi) is 5.46. The average molecular weight is 407 g/mol. The number of rotatable bonds is 4. The molecule has 0 unspecified atom stereocenters. The lowest BCUT2D eigenvalue weighted by Gasteiger charge is -2.29. The van der Waals surface area contributed by atoms with Crippen LogP contribution in [0.25, 0.3) is 10.9 Å². The number of aryl methyl sites for hydroxylation is 2. The van der Waals surface area contributed by atoms with Crippen molar-refractivity contribution in [1.82, 2.24) is 4.98 Å². The third-order valence-corrected chi connectivity index (χ3v) is 5.37. The van der Waals surface area contributed by atoms with Crippen LogP contribution in [0.4, 0.5) is 11.4 Å². The van der Waals surface area contributed by atoms with E-state index in [1.54, 1.807) is 12.1 Å². The number of hydrogen-bond acceptors (Lipinski definition) is 5. The molecule has 0 bridgehead atoms. The van der Waals surface area contributed by atoms with Crippen LogP contribution in [0.2, 0.25) is 0 Å². The third kappa shape index (κ3) is 3.89. The molecule has 1 saturated heterocycles. The molecule has 0 aliphatic carbocycles. The highest BCUT2D eigenvalue weighted by Gasteiger charge is 2.20. The molecule has 1 aliphatic heterocycles. The highest BCUT2D eigenvalue weighted by atomic mass is 16.5. The van der Waals surface area contributed by atoms with E-state index in [2.05, 4.69) is 21.3 Å². The van der Waals surface area contributed by atoms with Crippen LogP contribution >= 0.6 is 0 Å². The molecular formula is C23H25N3O4. The second-order valence-corrected chi connectivity index (χ2v) is 7.50. The molecule has 2 aromatic carbocycles. The molecule has 0 atom stereocenters. The van der Waals surface area contributed by atoms with Crippen molar-refractivity contribution in [2.45, 2.75) is 13.8 Å². The maximum atomic E-state index is 12.9. The van der Waals surface area contributed by atoms with Crippen molar-refractivity contribution in [2.24, 2.45) is 0 Å². The summed E-state index contributed by atoms with van der Waals surface area (Å²) in [6.45, 7) is 6.83. The third-order valence-electron chi connectivity index (χ3n) is 5.37. The number of benzene rings is 2. The summed E-state index contributed by atoms with van der Waals surface area (Å²) in [5.41, 5.74) is 5.20. The van der Waals surface area contributed by atoms with Gasteiger partial charge in [0.15, 0.2) is 0 Å². The van der Waals surface area contributed by atoms with Gasteiger partial charge in [0.1, 0.15) is 5.69 Å². The summed E-state index contributed by atoms with van der Waals surface area (Å²) >= 11 is 0. The van der Waals surface area contributed by atoms with Crippen LogP contribution in [-0.2, 0) is 9.47 Å². The summed E-state index contributed by atoms with van der Waals surface area (Å²) < 4.78 is 10.3. The van der Waals surface area contributed by atoms with E-state index in [1.807, 2.05) is 32.0 Å². The van der Waals surface area contributed by atoms with E-state index in [4.69, 9.17) is 9.47 Å². The van der Waals surface area contributed by atoms with E-state index in [0.717, 1.165) is 40.8 Å². The topological polar surface area (TPSA) is 83.7 Å². The number of morpholine rings is 1. The summed E-state index contributed by atoms with van der Waals surface area (Å²) in [7, 11) is 1.33. The van der Waals surface area contributed by atoms with Gasteiger partial charge >= 0.3 is 5.97 Å². The number of methoxy groups -OCH3 is 1. The summed E-state index contributed by atoms with van der Waals surface area (Å²) in [5, 5.41) is 3.85. The van der Waals surface area contributed by atoms with Gasteiger partial charge in [0.05, 0.1) is 31.6 Å². The Morgan fingerprint density at radius 3 is 2.60 bits per heavy atom. The first-order valence-electron chi connectivity index (χ1n) is 9.92. The predicted octanol–water partition coefficient (Wildman–Crippen LogP) is 3.66. The molecule has 1 amide bonds. The second kappa shape index (κ2) is 8.20. The molecule has 156 valence electrons. The highest BCUT2D eigenvalue weighted by molar-refractivity contribution is 6.09. The molecule has 1 aliphatic rings. The lowest BCUT2D eigenvalue weighted by molar-refractivity contribution is 0.0602. The average Bonchev–Trinajstić information content (AvgIpc) is 3.18. The van der Waals surface area contributed by atoms with Crippen LogP contribution in [0.3, 0.4) is 0 Å². The largest absolute Gasteiger partial charge is 0.465 e. The van der Waals surface area contributed by atoms with Crippen LogP contribution in [0.5, 0.6) is 0 Å². The van der Waals surface area contributed by atoms with Gasteiger partial charge in [0.2, 0.25) is 0 Å². The standard InChI is InChI=1S/C23H25N3O4/c1-14-10-15(2)17-13-21(24-20(17)11-14)22(27)25-19-5-4-16(12-18(19)23(28)29-3)26-6-8-30-9-7-26/h4-5,10-13,24H,6-9H2,1-3H3,(H,25,27). The number of esters is 1. The SMILES string of the molecule is COC(=O)c1cc(N2CCOCC2)ccc1NC(=O)c1cc2c(C)cc(C)cc2[nH]1. The number of fused-ring (bicyclic) bond motifs is 1. The van der Waals surface area contributed by atoms with Crippen LogP contribution in [0, 0.1) is 13.8 Å². The first-order chi connectivity index (χ1) is 14.5. The van der Waals surface area contributed by atoms with E-state index in [1.165, 1.54) is 7.11 Å². The van der Waals surface area contributed by atoms with E-state index < -0.39 is 5.97 Å². The van der Waals surface area contributed by atoms with Gasteiger partial charge in [-0.1, -0.05) is 6.07 Å². The van der Waals surface area contributed by atoms with Crippen molar-refractivity contribution in [1.29, 1.82) is 0 Å². The number of carbonyl (C=O) groups excluding carboxylic acids is 2. The van der Waals surface area contributed by atoms with Crippen molar-refractivity contribution >= 4 is 34.2 Å². The molecule has 1 fully saturated rings. The summed E-state index contributed by atoms with van der Waals surface area (Å²) in [6, 6.07) is 11.3. The van der Waals surface area contributed by atoms with Gasteiger partial charge in [-0.25, -0.2) is 4.79 Å². The zero-order valence-electron chi connectivity index (χ0n) is 17.4. The minimum atomic E-state index is -0.497. The van der Waals surface area contributed by atoms with E-state index >= 15 is 0 Å². The molecule has 4 rings (SSSR count). The second-order valence-electron chi connectivity index (χ2n) is 7.50. The first-order valence-corrected chi connectivity index (χ1v) is 9.92. The zero-order chi connectivity index (χ0) is 21.3. The van der Waals surface area contributed by atoms with Crippen LogP contribution in [0.1, 0.15) is 32.0 Å². The Hall–Kier alpha value is -3.32. The van der Waals surface area contributed by atoms with Crippen molar-refractivity contribution in [3.63, 3.8) is 0 Å². The lowest BCUT2D eigenvalue weighted by Crippen LogP contribution is -2.36. The normalized spacial score (nSPS) is 14.0. The Morgan fingerprint density at radius 2 is 1.87 bits per heavy atom. The molecule has 7 nitrogen and oxygen atoms in total. The first kappa shape index (κ1) is 20.0. The van der Waals surface area contributed by atoms with E-state index in [9.17, 15) is 9.59 Å². The van der Waals surface area contributed by atoms with Gasteiger partial charge in [-0.05, 0) is 55.3 Å². The van der Waals surface area contributed by atoms with Crippen molar-refractivity contribution < 1.29 is 19.1 Å². The minimum Gasteiger partial charge on any atom is -0.465 e. The molecule has 7 heteroatoms. The van der Waals surface area contributed by atoms with E-state index in [-0.39, 0.29) is 5.91 Å². The molecule has 30 heavy (non-hydrogen) atoms. The van der Waals surface area contributed by atoms with Gasteiger partial charge < -0.3 is 24.7 Å². The quantitative estimate of drug-likeness (QED) is 0.645. The molecule has 0 spiro atoms. The zero-order valence-corrected chi connectivity index (χ0v) is 17.4. The van der Waals surface area contributed by atoms with Crippen molar-refractivity contribution in [2.75, 3.05) is 43.6 Å². The maximum Gasteiger partial charge on any atom is 0.340 e. The predicted molar refractivity (Wildman–Crippen MR) is 117 cm³/mol. The molecule has 2 heterocycles. The van der Waals surface area contributed by atoms with Gasteiger partial charge in [0.25, 0.3) is 5.91 Å². The number of hydrogen-bond donors (Lipinski definition) is 2. The Labute approximate surface area is 175 Å². The Balaban J connectivity index is 1.63. The molecule has 2 N–H and O–H groups in total. The Morgan fingerprint density at radius 1 is 1.10 bits per heavy atom. The van der Waals surface area contributed by atoms with Crippen LogP contribution < -0.4 is 10.2 Å². The number of amides is 1. The van der Waals surface area contributed by atoms with E-state index in [0.29, 0.717) is 30.2 Å². The number of H-pyrrole nitrogens is 1. The number of aromatic nitrogens is 1. The number of nitrogens with one attached hydrogen (secondary N) is 2. The lowest BCUT2D eigenvalue weighted by atomic mass is 10.1. The van der Waals surface area contributed by atoms with Crippen molar-refractivity contribution in [3.8, 4) is 0 Å². The smallest absolute Gasteiger partial charge is 0.340 e. The number of carbonyl (C=O) groups is 2. The monoisotopic (exact) mass is 407 g/mol. The molecule has 3 aromatic rings. The van der Waals surface area contributed by atoms with Crippen molar-refractivity contribution in [3.05, 3.63) is 58.8 Å². The molecule has 0 saturated carbocycles. The van der Waals surface area contributed by atoms with Gasteiger partial charge in [-0.15, -0.1) is 0 Å². The number of aromatic amines is 1.